The fourth-order valence-corrected chi connectivity index (χ4v) is 2.60. The van der Waals surface area contributed by atoms with E-state index in [9.17, 15) is 0 Å². The molecule has 1 aromatic rings. The number of hydrogen-bond donors (Lipinski definition) is 1. The van der Waals surface area contributed by atoms with Gasteiger partial charge >= 0.3 is 0 Å². The molecule has 0 spiro atoms. The Morgan fingerprint density at radius 2 is 2.14 bits per heavy atom. The summed E-state index contributed by atoms with van der Waals surface area (Å²) in [4.78, 5) is 0. The molecule has 0 aromatic heterocycles. The molecule has 1 aliphatic heterocycles. The van der Waals surface area contributed by atoms with Gasteiger partial charge in [0, 0.05) is 6.04 Å². The highest BCUT2D eigenvalue weighted by Gasteiger charge is 2.19. The van der Waals surface area contributed by atoms with Gasteiger partial charge in [-0.25, -0.2) is 0 Å². The summed E-state index contributed by atoms with van der Waals surface area (Å²) in [5.41, 5.74) is 5.98. The van der Waals surface area contributed by atoms with E-state index in [0.29, 0.717) is 6.04 Å². The van der Waals surface area contributed by atoms with Crippen LogP contribution in [-0.4, -0.2) is 6.54 Å². The molecule has 1 heterocycles. The Balaban J connectivity index is 2.51. The second kappa shape index (κ2) is 3.74. The minimum Gasteiger partial charge on any atom is -0.310 e. The predicted octanol–water partition coefficient (Wildman–Crippen LogP) is 2.90. The average Bonchev–Trinajstić information content (AvgIpc) is 2.16. The SMILES string of the molecule is CCC1NCCc2cc(C)cc(C)c21. The van der Waals surface area contributed by atoms with Crippen LogP contribution in [0.1, 0.15) is 41.6 Å². The third-order valence-corrected chi connectivity index (χ3v) is 3.16. The highest BCUT2D eigenvalue weighted by atomic mass is 14.9. The number of nitrogens with one attached hydrogen (secondary N) is 1. The molecule has 0 aliphatic carbocycles. The molecule has 0 radical (unpaired) electrons. The van der Waals surface area contributed by atoms with E-state index >= 15 is 0 Å². The third-order valence-electron chi connectivity index (χ3n) is 3.16. The summed E-state index contributed by atoms with van der Waals surface area (Å²) in [6, 6.07) is 5.24. The maximum absolute atomic E-state index is 3.59. The standard InChI is InChI=1S/C13H19N/c1-4-12-13-10(3)7-9(2)8-11(13)5-6-14-12/h7-8,12,14H,4-6H2,1-3H3. The molecule has 0 amide bonds. The zero-order valence-corrected chi connectivity index (χ0v) is 9.35. The van der Waals surface area contributed by atoms with Crippen LogP contribution in [0.4, 0.5) is 0 Å². The second-order valence-corrected chi connectivity index (χ2v) is 4.32. The number of hydrogen-bond acceptors (Lipinski definition) is 1. The Labute approximate surface area is 86.5 Å². The van der Waals surface area contributed by atoms with Crippen LogP contribution in [0.15, 0.2) is 12.1 Å². The Bertz CT molecular complexity index is 341. The molecule has 0 bridgehead atoms. The number of benzene rings is 1. The van der Waals surface area contributed by atoms with Gasteiger partial charge in [-0.1, -0.05) is 24.6 Å². The summed E-state index contributed by atoms with van der Waals surface area (Å²) >= 11 is 0. The van der Waals surface area contributed by atoms with Crippen LogP contribution in [0.3, 0.4) is 0 Å². The lowest BCUT2D eigenvalue weighted by Crippen LogP contribution is -2.30. The monoisotopic (exact) mass is 189 g/mol. The van der Waals surface area contributed by atoms with Crippen LogP contribution >= 0.6 is 0 Å². The van der Waals surface area contributed by atoms with Crippen molar-refractivity contribution in [1.29, 1.82) is 0 Å². The lowest BCUT2D eigenvalue weighted by Gasteiger charge is -2.28. The van der Waals surface area contributed by atoms with Crippen LogP contribution in [0.2, 0.25) is 0 Å². The lowest BCUT2D eigenvalue weighted by molar-refractivity contribution is 0.490. The molecule has 1 aliphatic rings. The first kappa shape index (κ1) is 9.72. The highest BCUT2D eigenvalue weighted by Crippen LogP contribution is 2.29. The number of rotatable bonds is 1. The smallest absolute Gasteiger partial charge is 0.0323 e. The number of aryl methyl sites for hydroxylation is 2. The third kappa shape index (κ3) is 1.57. The van der Waals surface area contributed by atoms with Gasteiger partial charge in [0.05, 0.1) is 0 Å². The van der Waals surface area contributed by atoms with Gasteiger partial charge in [0.25, 0.3) is 0 Å². The Morgan fingerprint density at radius 1 is 1.36 bits per heavy atom. The van der Waals surface area contributed by atoms with Crippen LogP contribution in [-0.2, 0) is 6.42 Å². The van der Waals surface area contributed by atoms with Crippen molar-refractivity contribution in [2.75, 3.05) is 6.54 Å². The summed E-state index contributed by atoms with van der Waals surface area (Å²) in [6.07, 6.45) is 2.38. The van der Waals surface area contributed by atoms with Crippen molar-refractivity contribution in [1.82, 2.24) is 5.32 Å². The molecule has 1 N–H and O–H groups in total. The van der Waals surface area contributed by atoms with Crippen LogP contribution in [0.25, 0.3) is 0 Å². The van der Waals surface area contributed by atoms with Crippen molar-refractivity contribution >= 4 is 0 Å². The summed E-state index contributed by atoms with van der Waals surface area (Å²) in [5.74, 6) is 0. The average molecular weight is 189 g/mol. The van der Waals surface area contributed by atoms with Crippen molar-refractivity contribution in [3.05, 3.63) is 34.4 Å². The molecule has 0 fully saturated rings. The van der Waals surface area contributed by atoms with Gasteiger partial charge in [-0.3, -0.25) is 0 Å². The first-order chi connectivity index (χ1) is 6.72. The van der Waals surface area contributed by atoms with Crippen molar-refractivity contribution in [2.24, 2.45) is 0 Å². The van der Waals surface area contributed by atoms with Gasteiger partial charge in [-0.2, -0.15) is 0 Å². The van der Waals surface area contributed by atoms with E-state index in [1.165, 1.54) is 24.0 Å². The molecule has 2 rings (SSSR count). The van der Waals surface area contributed by atoms with Crippen molar-refractivity contribution in [3.63, 3.8) is 0 Å². The van der Waals surface area contributed by atoms with E-state index in [4.69, 9.17) is 0 Å². The Hall–Kier alpha value is -0.820. The molecule has 1 unspecified atom stereocenters. The minimum atomic E-state index is 0.583. The van der Waals surface area contributed by atoms with Crippen LogP contribution in [0.5, 0.6) is 0 Å². The topological polar surface area (TPSA) is 12.0 Å². The summed E-state index contributed by atoms with van der Waals surface area (Å²) in [7, 11) is 0. The van der Waals surface area contributed by atoms with Crippen molar-refractivity contribution < 1.29 is 0 Å². The summed E-state index contributed by atoms with van der Waals surface area (Å²) < 4.78 is 0. The van der Waals surface area contributed by atoms with Gasteiger partial charge in [-0.15, -0.1) is 0 Å². The molecule has 76 valence electrons. The first-order valence-electron chi connectivity index (χ1n) is 5.55. The largest absolute Gasteiger partial charge is 0.310 e. The first-order valence-corrected chi connectivity index (χ1v) is 5.55. The zero-order valence-electron chi connectivity index (χ0n) is 9.35. The van der Waals surface area contributed by atoms with Gasteiger partial charge in [0.2, 0.25) is 0 Å². The molecule has 14 heavy (non-hydrogen) atoms. The predicted molar refractivity (Wildman–Crippen MR) is 60.7 cm³/mol. The van der Waals surface area contributed by atoms with E-state index in [2.05, 4.69) is 38.2 Å². The minimum absolute atomic E-state index is 0.583. The maximum Gasteiger partial charge on any atom is 0.0323 e. The summed E-state index contributed by atoms with van der Waals surface area (Å²) in [5, 5.41) is 3.59. The second-order valence-electron chi connectivity index (χ2n) is 4.32. The Kier molecular flexibility index (Phi) is 2.60. The fraction of sp³-hybridized carbons (Fsp3) is 0.538. The summed E-state index contributed by atoms with van der Waals surface area (Å²) in [6.45, 7) is 7.82. The van der Waals surface area contributed by atoms with Crippen LogP contribution < -0.4 is 5.32 Å². The van der Waals surface area contributed by atoms with Gasteiger partial charge < -0.3 is 5.32 Å². The quantitative estimate of drug-likeness (QED) is 0.716. The molecule has 1 nitrogen and oxygen atoms in total. The Morgan fingerprint density at radius 3 is 2.86 bits per heavy atom. The van der Waals surface area contributed by atoms with E-state index in [1.807, 2.05) is 0 Å². The van der Waals surface area contributed by atoms with Crippen molar-refractivity contribution in [2.45, 2.75) is 39.7 Å². The highest BCUT2D eigenvalue weighted by molar-refractivity contribution is 5.41. The van der Waals surface area contributed by atoms with Gasteiger partial charge in [0.15, 0.2) is 0 Å². The molecule has 1 atom stereocenters. The maximum atomic E-state index is 3.59. The fourth-order valence-electron chi connectivity index (χ4n) is 2.60. The van der Waals surface area contributed by atoms with E-state index in [1.54, 1.807) is 11.1 Å². The van der Waals surface area contributed by atoms with E-state index in [-0.39, 0.29) is 0 Å². The molecule has 1 aromatic carbocycles. The normalized spacial score (nSPS) is 20.6. The molecular weight excluding hydrogens is 170 g/mol. The van der Waals surface area contributed by atoms with Crippen molar-refractivity contribution in [3.8, 4) is 0 Å². The van der Waals surface area contributed by atoms with Gasteiger partial charge in [0.1, 0.15) is 0 Å². The lowest BCUT2D eigenvalue weighted by atomic mass is 9.88. The van der Waals surface area contributed by atoms with Crippen LogP contribution in [0, 0.1) is 13.8 Å². The van der Waals surface area contributed by atoms with E-state index in [0.717, 1.165) is 6.54 Å². The van der Waals surface area contributed by atoms with E-state index < -0.39 is 0 Å². The van der Waals surface area contributed by atoms with Gasteiger partial charge in [-0.05, 0) is 49.9 Å². The molecule has 0 saturated heterocycles. The zero-order chi connectivity index (χ0) is 10.1. The number of fused-ring (bicyclic) bond motifs is 1. The molecular formula is C13H19N. The molecule has 1 heteroatoms. The molecule has 0 saturated carbocycles.